The lowest BCUT2D eigenvalue weighted by Gasteiger charge is -2.37. The monoisotopic (exact) mass is 301 g/mol. The molecule has 4 rings (SSSR count). The standard InChI is InChI=1S/C18H14F3N/c19-10-8-14-11-5-3-6-12(11)17(22-18(14)16(21)9-10)13-4-1-2-7-15(13)20/h1-5,7-9,11-12,17,22H,6H2/t11-,12-,17-/m1/s1. The van der Waals surface area contributed by atoms with Gasteiger partial charge in [-0.2, -0.15) is 0 Å². The smallest absolute Gasteiger partial charge is 0.149 e. The number of nitrogens with one attached hydrogen (secondary N) is 1. The van der Waals surface area contributed by atoms with Crippen molar-refractivity contribution in [1.82, 2.24) is 0 Å². The van der Waals surface area contributed by atoms with Gasteiger partial charge in [0.1, 0.15) is 17.5 Å². The van der Waals surface area contributed by atoms with Gasteiger partial charge < -0.3 is 5.32 Å². The van der Waals surface area contributed by atoms with Crippen LogP contribution in [-0.4, -0.2) is 0 Å². The molecule has 1 aliphatic carbocycles. The molecule has 0 fully saturated rings. The van der Waals surface area contributed by atoms with Gasteiger partial charge in [0, 0.05) is 17.5 Å². The van der Waals surface area contributed by atoms with E-state index in [2.05, 4.69) is 5.32 Å². The normalized spacial score (nSPS) is 25.5. The van der Waals surface area contributed by atoms with Gasteiger partial charge in [0.25, 0.3) is 0 Å². The van der Waals surface area contributed by atoms with Crippen molar-refractivity contribution in [2.24, 2.45) is 5.92 Å². The van der Waals surface area contributed by atoms with Crippen LogP contribution in [0.3, 0.4) is 0 Å². The Hall–Kier alpha value is -2.23. The second-order valence-corrected chi connectivity index (χ2v) is 5.85. The van der Waals surface area contributed by atoms with E-state index in [4.69, 9.17) is 0 Å². The first kappa shape index (κ1) is 13.4. The molecule has 0 unspecified atom stereocenters. The van der Waals surface area contributed by atoms with Gasteiger partial charge in [-0.15, -0.1) is 0 Å². The predicted molar refractivity (Wildman–Crippen MR) is 79.1 cm³/mol. The van der Waals surface area contributed by atoms with Crippen molar-refractivity contribution in [3.63, 3.8) is 0 Å². The molecule has 1 aliphatic heterocycles. The minimum atomic E-state index is -0.630. The van der Waals surface area contributed by atoms with Crippen molar-refractivity contribution < 1.29 is 13.2 Å². The predicted octanol–water partition coefficient (Wildman–Crippen LogP) is 4.93. The third kappa shape index (κ3) is 1.94. The van der Waals surface area contributed by atoms with Crippen LogP contribution in [0, 0.1) is 23.4 Å². The van der Waals surface area contributed by atoms with Gasteiger partial charge >= 0.3 is 0 Å². The van der Waals surface area contributed by atoms with Gasteiger partial charge in [0.15, 0.2) is 0 Å². The average Bonchev–Trinajstić information content (AvgIpc) is 2.97. The van der Waals surface area contributed by atoms with Gasteiger partial charge in [0.2, 0.25) is 0 Å². The molecule has 112 valence electrons. The maximum absolute atomic E-state index is 14.2. The molecular formula is C18H14F3N. The molecular weight excluding hydrogens is 287 g/mol. The molecule has 2 aromatic carbocycles. The van der Waals surface area contributed by atoms with E-state index < -0.39 is 11.6 Å². The van der Waals surface area contributed by atoms with E-state index in [0.717, 1.165) is 12.5 Å². The highest BCUT2D eigenvalue weighted by Gasteiger charge is 2.40. The Labute approximate surface area is 126 Å². The molecule has 0 amide bonds. The zero-order valence-corrected chi connectivity index (χ0v) is 11.7. The molecule has 1 nitrogen and oxygen atoms in total. The van der Waals surface area contributed by atoms with Crippen LogP contribution in [0.2, 0.25) is 0 Å². The summed E-state index contributed by atoms with van der Waals surface area (Å²) in [6, 6.07) is 8.44. The maximum Gasteiger partial charge on any atom is 0.149 e. The molecule has 0 spiro atoms. The van der Waals surface area contributed by atoms with Crippen LogP contribution in [-0.2, 0) is 0 Å². The van der Waals surface area contributed by atoms with Crippen molar-refractivity contribution in [2.75, 3.05) is 5.32 Å². The fraction of sp³-hybridized carbons (Fsp3) is 0.222. The van der Waals surface area contributed by atoms with Crippen molar-refractivity contribution >= 4 is 5.69 Å². The molecule has 0 bridgehead atoms. The summed E-state index contributed by atoms with van der Waals surface area (Å²) >= 11 is 0. The molecule has 2 aromatic rings. The van der Waals surface area contributed by atoms with E-state index in [9.17, 15) is 13.2 Å². The molecule has 3 atom stereocenters. The first-order valence-corrected chi connectivity index (χ1v) is 7.31. The minimum absolute atomic E-state index is 0.0607. The molecule has 0 saturated carbocycles. The minimum Gasteiger partial charge on any atom is -0.375 e. The van der Waals surface area contributed by atoms with E-state index >= 15 is 0 Å². The Morgan fingerprint density at radius 1 is 0.955 bits per heavy atom. The molecule has 2 aliphatic rings. The van der Waals surface area contributed by atoms with Crippen LogP contribution in [0.25, 0.3) is 0 Å². The summed E-state index contributed by atoms with van der Waals surface area (Å²) < 4.78 is 41.9. The van der Waals surface area contributed by atoms with Crippen LogP contribution in [0.5, 0.6) is 0 Å². The Morgan fingerprint density at radius 3 is 2.59 bits per heavy atom. The maximum atomic E-state index is 14.2. The number of hydrogen-bond donors (Lipinski definition) is 1. The van der Waals surface area contributed by atoms with Crippen LogP contribution >= 0.6 is 0 Å². The quantitative estimate of drug-likeness (QED) is 0.736. The van der Waals surface area contributed by atoms with E-state index in [1.54, 1.807) is 18.2 Å². The zero-order valence-electron chi connectivity index (χ0n) is 11.7. The highest BCUT2D eigenvalue weighted by molar-refractivity contribution is 5.60. The van der Waals surface area contributed by atoms with Crippen LogP contribution in [0.4, 0.5) is 18.9 Å². The Morgan fingerprint density at radius 2 is 1.77 bits per heavy atom. The van der Waals surface area contributed by atoms with E-state index in [-0.39, 0.29) is 29.4 Å². The van der Waals surface area contributed by atoms with E-state index in [1.807, 2.05) is 12.2 Å². The number of allylic oxidation sites excluding steroid dienone is 2. The second-order valence-electron chi connectivity index (χ2n) is 5.85. The van der Waals surface area contributed by atoms with Crippen molar-refractivity contribution in [3.05, 3.63) is 77.1 Å². The molecule has 1 N–H and O–H groups in total. The summed E-state index contributed by atoms with van der Waals surface area (Å²) in [5.41, 5.74) is 1.42. The summed E-state index contributed by atoms with van der Waals surface area (Å²) in [6.07, 6.45) is 4.73. The van der Waals surface area contributed by atoms with Crippen molar-refractivity contribution in [3.8, 4) is 0 Å². The molecule has 22 heavy (non-hydrogen) atoms. The summed E-state index contributed by atoms with van der Waals surface area (Å²) in [4.78, 5) is 0. The van der Waals surface area contributed by atoms with E-state index in [0.29, 0.717) is 11.1 Å². The average molecular weight is 301 g/mol. The number of hydrogen-bond acceptors (Lipinski definition) is 1. The van der Waals surface area contributed by atoms with Crippen LogP contribution < -0.4 is 5.32 Å². The highest BCUT2D eigenvalue weighted by atomic mass is 19.1. The fourth-order valence-corrected chi connectivity index (χ4v) is 3.66. The number of anilines is 1. The van der Waals surface area contributed by atoms with Gasteiger partial charge in [-0.3, -0.25) is 0 Å². The van der Waals surface area contributed by atoms with E-state index in [1.165, 1.54) is 12.1 Å². The largest absolute Gasteiger partial charge is 0.375 e. The van der Waals surface area contributed by atoms with Crippen LogP contribution in [0.15, 0.2) is 48.6 Å². The lowest BCUT2D eigenvalue weighted by Crippen LogP contribution is -2.30. The number of halogens is 3. The van der Waals surface area contributed by atoms with Gasteiger partial charge in [-0.05, 0) is 30.0 Å². The number of rotatable bonds is 1. The summed E-state index contributed by atoms with van der Waals surface area (Å²) in [5, 5.41) is 3.10. The van der Waals surface area contributed by atoms with Gasteiger partial charge in [-0.25, -0.2) is 13.2 Å². The van der Waals surface area contributed by atoms with Crippen LogP contribution in [0.1, 0.15) is 29.5 Å². The zero-order chi connectivity index (χ0) is 15.3. The molecule has 0 radical (unpaired) electrons. The molecule has 4 heteroatoms. The first-order valence-electron chi connectivity index (χ1n) is 7.31. The Balaban J connectivity index is 1.86. The topological polar surface area (TPSA) is 12.0 Å². The number of fused-ring (bicyclic) bond motifs is 3. The molecule has 0 aromatic heterocycles. The fourth-order valence-electron chi connectivity index (χ4n) is 3.66. The molecule has 1 heterocycles. The lowest BCUT2D eigenvalue weighted by atomic mass is 9.77. The second kappa shape index (κ2) is 4.90. The first-order chi connectivity index (χ1) is 10.6. The van der Waals surface area contributed by atoms with Gasteiger partial charge in [-0.1, -0.05) is 30.4 Å². The van der Waals surface area contributed by atoms with Crippen molar-refractivity contribution in [2.45, 2.75) is 18.4 Å². The number of benzene rings is 2. The third-order valence-electron chi connectivity index (χ3n) is 4.63. The lowest BCUT2D eigenvalue weighted by molar-refractivity contribution is 0.407. The van der Waals surface area contributed by atoms with Crippen molar-refractivity contribution in [1.29, 1.82) is 0 Å². The highest BCUT2D eigenvalue weighted by Crippen LogP contribution is 2.50. The van der Waals surface area contributed by atoms with Gasteiger partial charge in [0.05, 0.1) is 11.7 Å². The molecule has 0 saturated heterocycles. The SMILES string of the molecule is Fc1cc(F)c2c(c1)[C@@H]1C=CC[C@H]1[C@H](c1ccccc1F)N2. The summed E-state index contributed by atoms with van der Waals surface area (Å²) in [5.74, 6) is -1.55. The Bertz CT molecular complexity index is 769. The summed E-state index contributed by atoms with van der Waals surface area (Å²) in [6.45, 7) is 0. The Kier molecular flexibility index (Phi) is 2.99. The summed E-state index contributed by atoms with van der Waals surface area (Å²) in [7, 11) is 0. The third-order valence-corrected chi connectivity index (χ3v) is 4.63.